The van der Waals surface area contributed by atoms with Crippen molar-refractivity contribution in [3.05, 3.63) is 34.3 Å². The number of aromatic nitrogens is 2. The first-order valence-corrected chi connectivity index (χ1v) is 6.43. The number of anilines is 2. The molecule has 0 unspecified atom stereocenters. The average molecular weight is 317 g/mol. The molecule has 1 amide bonds. The van der Waals surface area contributed by atoms with Gasteiger partial charge in [-0.25, -0.2) is 0 Å². The number of benzene rings is 1. The predicted octanol–water partition coefficient (Wildman–Crippen LogP) is 2.40. The molecular weight excluding hydrogens is 307 g/mol. The molecule has 0 saturated carbocycles. The molecule has 2 rings (SSSR count). The zero-order valence-electron chi connectivity index (χ0n) is 10.7. The lowest BCUT2D eigenvalue weighted by atomic mass is 10.1. The molecule has 0 aliphatic rings. The minimum absolute atomic E-state index is 0.192. The molecule has 10 heteroatoms. The third-order valence-electron chi connectivity index (χ3n) is 2.51. The van der Waals surface area contributed by atoms with Crippen LogP contribution in [0.15, 0.2) is 18.2 Å². The van der Waals surface area contributed by atoms with Gasteiger partial charge in [0.1, 0.15) is 5.01 Å². The summed E-state index contributed by atoms with van der Waals surface area (Å²) in [5.41, 5.74) is 0.175. The van der Waals surface area contributed by atoms with Gasteiger partial charge in [-0.15, -0.1) is 10.2 Å². The maximum absolute atomic E-state index is 12.9. The Balaban J connectivity index is 2.37. The molecule has 0 saturated heterocycles. The van der Waals surface area contributed by atoms with Gasteiger partial charge in [0.2, 0.25) is 5.13 Å². The third kappa shape index (κ3) is 3.28. The van der Waals surface area contributed by atoms with Crippen molar-refractivity contribution in [1.82, 2.24) is 10.2 Å². The van der Waals surface area contributed by atoms with Crippen molar-refractivity contribution in [3.8, 4) is 0 Å². The fourth-order valence-corrected chi connectivity index (χ4v) is 2.23. The molecule has 0 bridgehead atoms. The first-order chi connectivity index (χ1) is 9.82. The summed E-state index contributed by atoms with van der Waals surface area (Å²) in [5.74, 6) is 4.37. The number of carbonyl (C=O) groups excluding carboxylic acids is 1. The number of halogens is 3. The van der Waals surface area contributed by atoms with Gasteiger partial charge >= 0.3 is 6.18 Å². The quantitative estimate of drug-likeness (QED) is 0.597. The highest BCUT2D eigenvalue weighted by Gasteiger charge is 2.35. The summed E-state index contributed by atoms with van der Waals surface area (Å²) in [6.07, 6.45) is -4.63. The number of aryl methyl sites for hydroxylation is 1. The van der Waals surface area contributed by atoms with Crippen molar-refractivity contribution < 1.29 is 18.0 Å². The number of nitrogens with two attached hydrogens (primary N) is 1. The van der Waals surface area contributed by atoms with Gasteiger partial charge in [0.25, 0.3) is 5.91 Å². The molecule has 21 heavy (non-hydrogen) atoms. The monoisotopic (exact) mass is 317 g/mol. The first-order valence-electron chi connectivity index (χ1n) is 5.61. The number of amides is 1. The maximum Gasteiger partial charge on any atom is 0.418 e. The van der Waals surface area contributed by atoms with Gasteiger partial charge in [0, 0.05) is 0 Å². The van der Waals surface area contributed by atoms with E-state index < -0.39 is 23.3 Å². The highest BCUT2D eigenvalue weighted by Crippen LogP contribution is 2.36. The molecule has 112 valence electrons. The van der Waals surface area contributed by atoms with Gasteiger partial charge < -0.3 is 5.43 Å². The van der Waals surface area contributed by atoms with Crippen molar-refractivity contribution in [2.75, 3.05) is 10.7 Å². The van der Waals surface area contributed by atoms with E-state index in [-0.39, 0.29) is 10.7 Å². The third-order valence-corrected chi connectivity index (χ3v) is 3.26. The van der Waals surface area contributed by atoms with Gasteiger partial charge in [0.15, 0.2) is 0 Å². The van der Waals surface area contributed by atoms with Crippen LogP contribution in [0.1, 0.15) is 20.9 Å². The molecule has 1 heterocycles. The van der Waals surface area contributed by atoms with Crippen molar-refractivity contribution in [2.24, 2.45) is 5.84 Å². The standard InChI is InChI=1S/C11H10F3N5OS/c1-5-18-19-10(21-5)16-9(20)6-3-2-4-7(8(6)17-15)11(12,13)14/h2-4,17H,15H2,1H3,(H,16,19,20). The number of alkyl halides is 3. The van der Waals surface area contributed by atoms with E-state index in [1.54, 1.807) is 6.92 Å². The fraction of sp³-hybridized carbons (Fsp3) is 0.182. The van der Waals surface area contributed by atoms with Crippen LogP contribution in [0.2, 0.25) is 0 Å². The molecule has 4 N–H and O–H groups in total. The largest absolute Gasteiger partial charge is 0.418 e. The molecule has 0 aliphatic carbocycles. The summed E-state index contributed by atoms with van der Waals surface area (Å²) in [7, 11) is 0. The predicted molar refractivity (Wildman–Crippen MR) is 71.9 cm³/mol. The molecule has 0 radical (unpaired) electrons. The molecule has 0 atom stereocenters. The zero-order chi connectivity index (χ0) is 15.6. The Morgan fingerprint density at radius 1 is 1.33 bits per heavy atom. The Morgan fingerprint density at radius 2 is 2.05 bits per heavy atom. The van der Waals surface area contributed by atoms with E-state index in [0.29, 0.717) is 5.01 Å². The molecule has 2 aromatic rings. The van der Waals surface area contributed by atoms with E-state index in [1.807, 2.05) is 5.43 Å². The number of hydrogen-bond acceptors (Lipinski definition) is 6. The highest BCUT2D eigenvalue weighted by molar-refractivity contribution is 7.15. The Bertz CT molecular complexity index is 670. The second kappa shape index (κ2) is 5.66. The topological polar surface area (TPSA) is 92.9 Å². The maximum atomic E-state index is 12.9. The Morgan fingerprint density at radius 3 is 2.57 bits per heavy atom. The van der Waals surface area contributed by atoms with Crippen LogP contribution in [0, 0.1) is 6.92 Å². The Hall–Kier alpha value is -2.20. The summed E-state index contributed by atoms with van der Waals surface area (Å²) >= 11 is 1.11. The number of nitrogen functional groups attached to an aromatic ring is 1. The van der Waals surface area contributed by atoms with Gasteiger partial charge in [-0.3, -0.25) is 16.0 Å². The summed E-state index contributed by atoms with van der Waals surface area (Å²) in [5, 5.41) is 10.6. The molecular formula is C11H10F3N5OS. The number of nitrogens with one attached hydrogen (secondary N) is 2. The van der Waals surface area contributed by atoms with Crippen LogP contribution in [0.3, 0.4) is 0 Å². The summed E-state index contributed by atoms with van der Waals surface area (Å²) in [6.45, 7) is 1.68. The van der Waals surface area contributed by atoms with Crippen LogP contribution in [0.4, 0.5) is 24.0 Å². The van der Waals surface area contributed by atoms with Crippen LogP contribution < -0.4 is 16.6 Å². The normalized spacial score (nSPS) is 11.3. The van der Waals surface area contributed by atoms with E-state index >= 15 is 0 Å². The number of hydrogen-bond donors (Lipinski definition) is 3. The number of para-hydroxylation sites is 1. The van der Waals surface area contributed by atoms with Crippen molar-refractivity contribution in [1.29, 1.82) is 0 Å². The van der Waals surface area contributed by atoms with Crippen LogP contribution in [0.25, 0.3) is 0 Å². The Kier molecular flexibility index (Phi) is 4.09. The molecule has 0 aliphatic heterocycles. The molecule has 1 aromatic heterocycles. The van der Waals surface area contributed by atoms with E-state index in [0.717, 1.165) is 23.5 Å². The molecule has 1 aromatic carbocycles. The smallest absolute Gasteiger partial charge is 0.323 e. The van der Waals surface area contributed by atoms with Crippen LogP contribution in [0.5, 0.6) is 0 Å². The highest BCUT2D eigenvalue weighted by atomic mass is 32.1. The second-order valence-corrected chi connectivity index (χ2v) is 5.13. The molecule has 6 nitrogen and oxygen atoms in total. The van der Waals surface area contributed by atoms with Crippen molar-refractivity contribution in [2.45, 2.75) is 13.1 Å². The van der Waals surface area contributed by atoms with Gasteiger partial charge in [-0.1, -0.05) is 17.4 Å². The Labute approximate surface area is 121 Å². The van der Waals surface area contributed by atoms with Crippen LogP contribution >= 0.6 is 11.3 Å². The van der Waals surface area contributed by atoms with E-state index in [4.69, 9.17) is 5.84 Å². The summed E-state index contributed by atoms with van der Waals surface area (Å²) < 4.78 is 38.6. The van der Waals surface area contributed by atoms with Gasteiger partial charge in [-0.05, 0) is 19.1 Å². The average Bonchev–Trinajstić information content (AvgIpc) is 2.82. The van der Waals surface area contributed by atoms with Crippen molar-refractivity contribution in [3.63, 3.8) is 0 Å². The van der Waals surface area contributed by atoms with Gasteiger partial charge in [0.05, 0.1) is 16.8 Å². The lowest BCUT2D eigenvalue weighted by Crippen LogP contribution is -2.21. The lowest BCUT2D eigenvalue weighted by molar-refractivity contribution is -0.137. The first kappa shape index (κ1) is 15.2. The van der Waals surface area contributed by atoms with Crippen LogP contribution in [-0.2, 0) is 6.18 Å². The van der Waals surface area contributed by atoms with E-state index in [1.165, 1.54) is 6.07 Å². The second-order valence-electron chi connectivity index (χ2n) is 3.95. The number of nitrogens with zero attached hydrogens (tertiary/aromatic N) is 2. The van der Waals surface area contributed by atoms with Crippen LogP contribution in [-0.4, -0.2) is 16.1 Å². The fourth-order valence-electron chi connectivity index (χ4n) is 1.64. The zero-order valence-corrected chi connectivity index (χ0v) is 11.5. The minimum atomic E-state index is -4.63. The van der Waals surface area contributed by atoms with Crippen molar-refractivity contribution >= 4 is 28.1 Å². The van der Waals surface area contributed by atoms with E-state index in [9.17, 15) is 18.0 Å². The van der Waals surface area contributed by atoms with Gasteiger partial charge in [-0.2, -0.15) is 13.2 Å². The SMILES string of the molecule is Cc1nnc(NC(=O)c2cccc(C(F)(F)F)c2NN)s1. The summed E-state index contributed by atoms with van der Waals surface area (Å²) in [4.78, 5) is 12.0. The number of rotatable bonds is 3. The number of hydrazine groups is 1. The molecule has 0 spiro atoms. The molecule has 0 fully saturated rings. The minimum Gasteiger partial charge on any atom is -0.323 e. The van der Waals surface area contributed by atoms with E-state index in [2.05, 4.69) is 15.5 Å². The summed E-state index contributed by atoms with van der Waals surface area (Å²) in [6, 6.07) is 3.19. The number of carbonyl (C=O) groups is 1. The lowest BCUT2D eigenvalue weighted by Gasteiger charge is -2.15.